The van der Waals surface area contributed by atoms with Gasteiger partial charge in [0.15, 0.2) is 5.82 Å². The average Bonchev–Trinajstić information content (AvgIpc) is 3.19. The van der Waals surface area contributed by atoms with Crippen molar-refractivity contribution in [2.24, 2.45) is 0 Å². The lowest BCUT2D eigenvalue weighted by atomic mass is 9.89. The zero-order chi connectivity index (χ0) is 21.5. The number of aryl methyl sites for hydroxylation is 3. The van der Waals surface area contributed by atoms with Gasteiger partial charge in [-0.1, -0.05) is 11.6 Å². The molecule has 0 unspecified atom stereocenters. The molecule has 1 amide bonds. The first-order chi connectivity index (χ1) is 15.0. The number of aromatic nitrogens is 5. The highest BCUT2D eigenvalue weighted by molar-refractivity contribution is 6.13. The molecule has 1 aliphatic rings. The van der Waals surface area contributed by atoms with E-state index < -0.39 is 5.82 Å². The number of carbonyl (C=O) groups is 1. The maximum atomic E-state index is 14.4. The van der Waals surface area contributed by atoms with Gasteiger partial charge in [-0.15, -0.1) is 5.10 Å². The largest absolute Gasteiger partial charge is 0.322 e. The van der Waals surface area contributed by atoms with Crippen LogP contribution >= 0.6 is 0 Å². The van der Waals surface area contributed by atoms with Crippen LogP contribution in [-0.4, -0.2) is 31.1 Å². The Hall–Kier alpha value is -3.68. The number of amides is 1. The molecule has 0 fully saturated rings. The van der Waals surface area contributed by atoms with Gasteiger partial charge in [0, 0.05) is 16.8 Å². The Morgan fingerprint density at radius 2 is 1.94 bits per heavy atom. The lowest BCUT2D eigenvalue weighted by molar-refractivity contribution is 0.102. The Bertz CT molecular complexity index is 1330. The number of hydrogen-bond donors (Lipinski definition) is 1. The molecule has 0 radical (unpaired) electrons. The van der Waals surface area contributed by atoms with Crippen molar-refractivity contribution in [3.63, 3.8) is 0 Å². The normalized spacial score (nSPS) is 13.3. The van der Waals surface area contributed by atoms with E-state index in [1.807, 2.05) is 25.1 Å². The van der Waals surface area contributed by atoms with Crippen LogP contribution in [0.1, 0.15) is 45.8 Å². The number of tetrazole rings is 1. The number of fused-ring (bicyclic) bond motifs is 2. The summed E-state index contributed by atoms with van der Waals surface area (Å²) in [4.78, 5) is 18.3. The van der Waals surface area contributed by atoms with Crippen molar-refractivity contribution in [2.45, 2.75) is 39.5 Å². The molecule has 0 bridgehead atoms. The van der Waals surface area contributed by atoms with Gasteiger partial charge in [-0.3, -0.25) is 9.78 Å². The van der Waals surface area contributed by atoms with E-state index in [0.717, 1.165) is 53.4 Å². The fraction of sp³-hybridized carbons (Fsp3) is 0.261. The summed E-state index contributed by atoms with van der Waals surface area (Å²) in [5, 5.41) is 15.0. The number of anilines is 1. The Morgan fingerprint density at radius 3 is 2.74 bits per heavy atom. The van der Waals surface area contributed by atoms with Crippen molar-refractivity contribution in [3.05, 3.63) is 70.4 Å². The van der Waals surface area contributed by atoms with Gasteiger partial charge in [-0.05, 0) is 85.9 Å². The second kappa shape index (κ2) is 7.54. The summed E-state index contributed by atoms with van der Waals surface area (Å²) in [6, 6.07) is 10.4. The number of rotatable bonds is 3. The molecule has 2 aromatic heterocycles. The van der Waals surface area contributed by atoms with Crippen LogP contribution in [0.25, 0.3) is 16.6 Å². The minimum Gasteiger partial charge on any atom is -0.322 e. The van der Waals surface area contributed by atoms with Crippen LogP contribution in [0.5, 0.6) is 0 Å². The fourth-order valence-electron chi connectivity index (χ4n) is 4.20. The minimum absolute atomic E-state index is 0.178. The van der Waals surface area contributed by atoms with Crippen LogP contribution in [0.4, 0.5) is 10.1 Å². The van der Waals surface area contributed by atoms with E-state index in [4.69, 9.17) is 4.98 Å². The van der Waals surface area contributed by atoms with Crippen molar-refractivity contribution >= 4 is 22.5 Å². The monoisotopic (exact) mass is 416 g/mol. The summed E-state index contributed by atoms with van der Waals surface area (Å²) >= 11 is 0. The molecule has 1 aliphatic carbocycles. The van der Waals surface area contributed by atoms with E-state index in [2.05, 4.69) is 20.8 Å². The number of pyridine rings is 1. The van der Waals surface area contributed by atoms with Gasteiger partial charge in [0.1, 0.15) is 11.5 Å². The SMILES string of the molecule is Cc1ccc2nc3c(c(C(=O)Nc4ccc(F)c(-n5nnnc5C)c4)c2c1)CCCC3. The van der Waals surface area contributed by atoms with Crippen molar-refractivity contribution in [1.82, 2.24) is 25.2 Å². The van der Waals surface area contributed by atoms with Crippen LogP contribution < -0.4 is 5.32 Å². The third-order valence-electron chi connectivity index (χ3n) is 5.70. The summed E-state index contributed by atoms with van der Waals surface area (Å²) in [5.74, 6) is -0.245. The topological polar surface area (TPSA) is 85.6 Å². The molecule has 4 aromatic rings. The van der Waals surface area contributed by atoms with Crippen LogP contribution in [0.2, 0.25) is 0 Å². The molecule has 1 N–H and O–H groups in total. The van der Waals surface area contributed by atoms with E-state index in [9.17, 15) is 9.18 Å². The van der Waals surface area contributed by atoms with Gasteiger partial charge in [0.2, 0.25) is 0 Å². The van der Waals surface area contributed by atoms with Crippen molar-refractivity contribution in [1.29, 1.82) is 0 Å². The molecule has 7 nitrogen and oxygen atoms in total. The number of hydrogen-bond acceptors (Lipinski definition) is 5. The number of benzene rings is 2. The molecular weight excluding hydrogens is 395 g/mol. The molecule has 5 rings (SSSR count). The van der Waals surface area contributed by atoms with E-state index in [0.29, 0.717) is 17.1 Å². The quantitative estimate of drug-likeness (QED) is 0.544. The molecule has 0 aliphatic heterocycles. The van der Waals surface area contributed by atoms with Gasteiger partial charge in [-0.2, -0.15) is 4.68 Å². The molecule has 0 spiro atoms. The standard InChI is InChI=1S/C23H21FN6O/c1-13-7-10-20-17(11-13)22(16-5-3-4-6-19(16)26-20)23(31)25-15-8-9-18(24)21(12-15)30-14(2)27-28-29-30/h7-12H,3-6H2,1-2H3,(H,25,31). The summed E-state index contributed by atoms with van der Waals surface area (Å²) in [5.41, 5.74) is 5.21. The van der Waals surface area contributed by atoms with Gasteiger partial charge in [-0.25, -0.2) is 4.39 Å². The zero-order valence-corrected chi connectivity index (χ0v) is 17.3. The molecular formula is C23H21FN6O. The molecule has 2 heterocycles. The first-order valence-corrected chi connectivity index (χ1v) is 10.3. The van der Waals surface area contributed by atoms with Crippen LogP contribution in [-0.2, 0) is 12.8 Å². The van der Waals surface area contributed by atoms with E-state index >= 15 is 0 Å². The first kappa shape index (κ1) is 19.3. The summed E-state index contributed by atoms with van der Waals surface area (Å²) in [7, 11) is 0. The molecule has 0 saturated heterocycles. The Labute approximate surface area is 178 Å². The number of halogens is 1. The molecule has 0 saturated carbocycles. The third-order valence-corrected chi connectivity index (χ3v) is 5.70. The second-order valence-electron chi connectivity index (χ2n) is 7.90. The van der Waals surface area contributed by atoms with Gasteiger partial charge in [0.05, 0.1) is 11.1 Å². The Morgan fingerprint density at radius 1 is 1.10 bits per heavy atom. The van der Waals surface area contributed by atoms with E-state index in [-0.39, 0.29) is 11.6 Å². The molecule has 2 aromatic carbocycles. The highest BCUT2D eigenvalue weighted by Gasteiger charge is 2.23. The van der Waals surface area contributed by atoms with Crippen LogP contribution in [0.3, 0.4) is 0 Å². The first-order valence-electron chi connectivity index (χ1n) is 10.3. The lowest BCUT2D eigenvalue weighted by Gasteiger charge is -2.21. The second-order valence-corrected chi connectivity index (χ2v) is 7.90. The van der Waals surface area contributed by atoms with Gasteiger partial charge >= 0.3 is 0 Å². The van der Waals surface area contributed by atoms with Gasteiger partial charge in [0.25, 0.3) is 5.91 Å². The molecule has 0 atom stereocenters. The van der Waals surface area contributed by atoms with E-state index in [1.54, 1.807) is 6.92 Å². The smallest absolute Gasteiger partial charge is 0.256 e. The number of nitrogens with one attached hydrogen (secondary N) is 1. The van der Waals surface area contributed by atoms with Crippen molar-refractivity contribution < 1.29 is 9.18 Å². The Kier molecular flexibility index (Phi) is 4.69. The van der Waals surface area contributed by atoms with E-state index in [1.165, 1.54) is 22.9 Å². The zero-order valence-electron chi connectivity index (χ0n) is 17.3. The summed E-state index contributed by atoms with van der Waals surface area (Å²) in [6.07, 6.45) is 3.81. The van der Waals surface area contributed by atoms with Crippen molar-refractivity contribution in [3.8, 4) is 5.69 Å². The van der Waals surface area contributed by atoms with Crippen LogP contribution in [0.15, 0.2) is 36.4 Å². The summed E-state index contributed by atoms with van der Waals surface area (Å²) < 4.78 is 15.7. The predicted octanol–water partition coefficient (Wildman–Crippen LogP) is 4.10. The number of nitrogens with zero attached hydrogens (tertiary/aromatic N) is 5. The fourth-order valence-corrected chi connectivity index (χ4v) is 4.20. The van der Waals surface area contributed by atoms with Gasteiger partial charge < -0.3 is 5.32 Å². The predicted molar refractivity (Wildman–Crippen MR) is 115 cm³/mol. The highest BCUT2D eigenvalue weighted by atomic mass is 19.1. The van der Waals surface area contributed by atoms with Crippen molar-refractivity contribution in [2.75, 3.05) is 5.32 Å². The van der Waals surface area contributed by atoms with Crippen LogP contribution in [0, 0.1) is 19.7 Å². The molecule has 31 heavy (non-hydrogen) atoms. The number of carbonyl (C=O) groups excluding carboxylic acids is 1. The average molecular weight is 416 g/mol. The Balaban J connectivity index is 1.59. The minimum atomic E-state index is -0.476. The third kappa shape index (κ3) is 3.43. The highest BCUT2D eigenvalue weighted by Crippen LogP contribution is 2.31. The summed E-state index contributed by atoms with van der Waals surface area (Å²) in [6.45, 7) is 3.68. The maximum Gasteiger partial charge on any atom is 0.256 e. The molecule has 8 heteroatoms. The maximum absolute atomic E-state index is 14.4. The molecule has 156 valence electrons. The lowest BCUT2D eigenvalue weighted by Crippen LogP contribution is -2.19.